The van der Waals surface area contributed by atoms with E-state index in [1.165, 1.54) is 11.3 Å². The number of ether oxygens (including phenoxy) is 1. The molecule has 1 aliphatic heterocycles. The number of hydrogen-bond acceptors (Lipinski definition) is 5. The molecule has 0 bridgehead atoms. The van der Waals surface area contributed by atoms with Gasteiger partial charge in [0.05, 0.1) is 18.2 Å². The molecule has 23 heavy (non-hydrogen) atoms. The molecule has 1 fully saturated rings. The first-order valence-electron chi connectivity index (χ1n) is 7.45. The van der Waals surface area contributed by atoms with Crippen molar-refractivity contribution in [3.8, 4) is 11.3 Å². The van der Waals surface area contributed by atoms with Gasteiger partial charge in [-0.15, -0.1) is 11.3 Å². The van der Waals surface area contributed by atoms with Crippen molar-refractivity contribution in [2.45, 2.75) is 25.4 Å². The molecule has 1 aromatic carbocycles. The number of carboxylic acids is 1. The summed E-state index contributed by atoms with van der Waals surface area (Å²) in [6, 6.07) is 7.26. The molecule has 2 aromatic rings. The minimum Gasteiger partial charge on any atom is -0.481 e. The molecule has 122 valence electrons. The zero-order chi connectivity index (χ0) is 16.2. The van der Waals surface area contributed by atoms with Crippen LogP contribution in [0.5, 0.6) is 0 Å². The summed E-state index contributed by atoms with van der Waals surface area (Å²) in [4.78, 5) is 16.4. The Morgan fingerprint density at radius 1 is 1.43 bits per heavy atom. The molecule has 1 aliphatic rings. The van der Waals surface area contributed by atoms with Crippen molar-refractivity contribution < 1.29 is 14.6 Å². The smallest absolute Gasteiger partial charge is 0.308 e. The Balaban J connectivity index is 1.80. The quantitative estimate of drug-likeness (QED) is 0.829. The fourth-order valence-corrected chi connectivity index (χ4v) is 3.63. The van der Waals surface area contributed by atoms with E-state index in [9.17, 15) is 4.79 Å². The molecule has 5 nitrogen and oxygen atoms in total. The van der Waals surface area contributed by atoms with Gasteiger partial charge in [-0.2, -0.15) is 0 Å². The zero-order valence-electron chi connectivity index (χ0n) is 12.4. The first-order chi connectivity index (χ1) is 11.1. The molecule has 1 saturated heterocycles. The number of carboxylic acid groups (broad SMARTS) is 1. The van der Waals surface area contributed by atoms with Crippen molar-refractivity contribution in [3.05, 3.63) is 34.2 Å². The van der Waals surface area contributed by atoms with Crippen LogP contribution in [0.3, 0.4) is 0 Å². The van der Waals surface area contributed by atoms with Crippen molar-refractivity contribution in [2.75, 3.05) is 18.5 Å². The molecule has 0 saturated carbocycles. The van der Waals surface area contributed by atoms with Crippen LogP contribution in [0.4, 0.5) is 5.13 Å². The largest absolute Gasteiger partial charge is 0.481 e. The second kappa shape index (κ2) is 7.29. The van der Waals surface area contributed by atoms with Crippen LogP contribution >= 0.6 is 22.9 Å². The summed E-state index contributed by atoms with van der Waals surface area (Å²) in [5.74, 6) is -0.866. The van der Waals surface area contributed by atoms with Gasteiger partial charge in [0.25, 0.3) is 0 Å². The SMILES string of the molecule is O=C(O)Cc1sc(NC[C@H]2CCCO2)nc1-c1ccc(Cl)cc1. The molecule has 0 amide bonds. The Labute approximate surface area is 143 Å². The Morgan fingerprint density at radius 3 is 2.87 bits per heavy atom. The standard InChI is InChI=1S/C16H17ClN2O3S/c17-11-5-3-10(4-6-11)15-13(8-14(20)21)23-16(19-15)18-9-12-2-1-7-22-12/h3-6,12H,1-2,7-9H2,(H,18,19)(H,20,21)/t12-/m1/s1. The van der Waals surface area contributed by atoms with Gasteiger partial charge in [0.1, 0.15) is 0 Å². The fourth-order valence-electron chi connectivity index (χ4n) is 2.52. The highest BCUT2D eigenvalue weighted by molar-refractivity contribution is 7.16. The van der Waals surface area contributed by atoms with E-state index in [1.54, 1.807) is 12.1 Å². The third kappa shape index (κ3) is 4.22. The molecule has 0 aliphatic carbocycles. The van der Waals surface area contributed by atoms with Gasteiger partial charge < -0.3 is 15.2 Å². The number of nitrogens with one attached hydrogen (secondary N) is 1. The molecule has 2 N–H and O–H groups in total. The average molecular weight is 353 g/mol. The number of benzene rings is 1. The van der Waals surface area contributed by atoms with Crippen LogP contribution in [-0.4, -0.2) is 35.3 Å². The maximum Gasteiger partial charge on any atom is 0.308 e. The highest BCUT2D eigenvalue weighted by atomic mass is 35.5. The van der Waals surface area contributed by atoms with Crippen LogP contribution < -0.4 is 5.32 Å². The third-order valence-electron chi connectivity index (χ3n) is 3.63. The second-order valence-corrected chi connectivity index (χ2v) is 6.90. The lowest BCUT2D eigenvalue weighted by atomic mass is 10.1. The molecular formula is C16H17ClN2O3S. The lowest BCUT2D eigenvalue weighted by Crippen LogP contribution is -2.18. The molecule has 0 radical (unpaired) electrons. The lowest BCUT2D eigenvalue weighted by molar-refractivity contribution is -0.136. The number of rotatable bonds is 6. The van der Waals surface area contributed by atoms with Gasteiger partial charge in [-0.05, 0) is 25.0 Å². The molecular weight excluding hydrogens is 336 g/mol. The number of hydrogen-bond donors (Lipinski definition) is 2. The maximum atomic E-state index is 11.1. The Hall–Kier alpha value is -1.63. The van der Waals surface area contributed by atoms with E-state index >= 15 is 0 Å². The third-order valence-corrected chi connectivity index (χ3v) is 4.90. The van der Waals surface area contributed by atoms with Gasteiger partial charge in [-0.3, -0.25) is 4.79 Å². The molecule has 0 unspecified atom stereocenters. The lowest BCUT2D eigenvalue weighted by Gasteiger charge is -2.09. The van der Waals surface area contributed by atoms with E-state index in [4.69, 9.17) is 21.4 Å². The summed E-state index contributed by atoms with van der Waals surface area (Å²) in [5, 5.41) is 13.7. The van der Waals surface area contributed by atoms with Crippen LogP contribution in [0.15, 0.2) is 24.3 Å². The summed E-state index contributed by atoms with van der Waals surface area (Å²) >= 11 is 7.29. The molecule has 1 aromatic heterocycles. The van der Waals surface area contributed by atoms with Crippen molar-refractivity contribution >= 4 is 34.0 Å². The molecule has 7 heteroatoms. The Morgan fingerprint density at radius 2 is 2.22 bits per heavy atom. The predicted octanol–water partition coefficient (Wildman–Crippen LogP) is 3.68. The summed E-state index contributed by atoms with van der Waals surface area (Å²) in [5.41, 5.74) is 1.57. The number of nitrogens with zero attached hydrogens (tertiary/aromatic N) is 1. The zero-order valence-corrected chi connectivity index (χ0v) is 14.0. The summed E-state index contributed by atoms with van der Waals surface area (Å²) in [6.07, 6.45) is 2.30. The Bertz CT molecular complexity index is 681. The fraction of sp³-hybridized carbons (Fsp3) is 0.375. The first-order valence-corrected chi connectivity index (χ1v) is 8.64. The van der Waals surface area contributed by atoms with E-state index in [1.807, 2.05) is 12.1 Å². The van der Waals surface area contributed by atoms with E-state index in [0.29, 0.717) is 17.3 Å². The summed E-state index contributed by atoms with van der Waals surface area (Å²) < 4.78 is 5.58. The van der Waals surface area contributed by atoms with Crippen LogP contribution in [0.2, 0.25) is 5.02 Å². The summed E-state index contributed by atoms with van der Waals surface area (Å²) in [7, 11) is 0. The normalized spacial score (nSPS) is 17.3. The van der Waals surface area contributed by atoms with Crippen molar-refractivity contribution in [3.63, 3.8) is 0 Å². The van der Waals surface area contributed by atoms with Crippen molar-refractivity contribution in [2.24, 2.45) is 0 Å². The Kier molecular flexibility index (Phi) is 5.15. The minimum absolute atomic E-state index is 0.0444. The topological polar surface area (TPSA) is 71.5 Å². The highest BCUT2D eigenvalue weighted by Gasteiger charge is 2.18. The van der Waals surface area contributed by atoms with Crippen molar-refractivity contribution in [1.82, 2.24) is 4.98 Å². The van der Waals surface area contributed by atoms with E-state index in [0.717, 1.165) is 35.0 Å². The van der Waals surface area contributed by atoms with Gasteiger partial charge in [0, 0.05) is 28.6 Å². The number of carbonyl (C=O) groups is 1. The number of anilines is 1. The maximum absolute atomic E-state index is 11.1. The highest BCUT2D eigenvalue weighted by Crippen LogP contribution is 2.32. The van der Waals surface area contributed by atoms with E-state index in [-0.39, 0.29) is 12.5 Å². The predicted molar refractivity (Wildman–Crippen MR) is 91.4 cm³/mol. The second-order valence-electron chi connectivity index (χ2n) is 5.38. The first kappa shape index (κ1) is 16.2. The van der Waals surface area contributed by atoms with E-state index in [2.05, 4.69) is 10.3 Å². The van der Waals surface area contributed by atoms with Gasteiger partial charge in [-0.25, -0.2) is 4.98 Å². The van der Waals surface area contributed by atoms with Crippen LogP contribution in [0.1, 0.15) is 17.7 Å². The van der Waals surface area contributed by atoms with Crippen LogP contribution in [-0.2, 0) is 16.0 Å². The van der Waals surface area contributed by atoms with E-state index < -0.39 is 5.97 Å². The monoisotopic (exact) mass is 352 g/mol. The average Bonchev–Trinajstić information content (AvgIpc) is 3.15. The van der Waals surface area contributed by atoms with Crippen molar-refractivity contribution in [1.29, 1.82) is 0 Å². The number of thiazole rings is 1. The molecule has 1 atom stereocenters. The number of aliphatic carboxylic acids is 1. The molecule has 2 heterocycles. The number of halogens is 1. The summed E-state index contributed by atoms with van der Waals surface area (Å²) in [6.45, 7) is 1.50. The minimum atomic E-state index is -0.866. The molecule has 0 spiro atoms. The van der Waals surface area contributed by atoms with Gasteiger partial charge in [-0.1, -0.05) is 23.7 Å². The van der Waals surface area contributed by atoms with Crippen LogP contribution in [0, 0.1) is 0 Å². The number of aromatic nitrogens is 1. The van der Waals surface area contributed by atoms with Crippen LogP contribution in [0.25, 0.3) is 11.3 Å². The van der Waals surface area contributed by atoms with Gasteiger partial charge >= 0.3 is 5.97 Å². The van der Waals surface area contributed by atoms with Gasteiger partial charge in [0.15, 0.2) is 5.13 Å². The molecule has 3 rings (SSSR count). The van der Waals surface area contributed by atoms with Gasteiger partial charge in [0.2, 0.25) is 0 Å².